The van der Waals surface area contributed by atoms with Crippen molar-refractivity contribution in [3.8, 4) is 0 Å². The van der Waals surface area contributed by atoms with Gasteiger partial charge < -0.3 is 4.74 Å². The van der Waals surface area contributed by atoms with Gasteiger partial charge in [0.1, 0.15) is 0 Å². The van der Waals surface area contributed by atoms with Crippen LogP contribution >= 0.6 is 11.6 Å². The predicted octanol–water partition coefficient (Wildman–Crippen LogP) is 3.31. The van der Waals surface area contributed by atoms with Gasteiger partial charge in [-0.15, -0.1) is 0 Å². The van der Waals surface area contributed by atoms with Crippen molar-refractivity contribution in [3.05, 3.63) is 40.4 Å². The van der Waals surface area contributed by atoms with Crippen molar-refractivity contribution in [2.75, 3.05) is 6.61 Å². The van der Waals surface area contributed by atoms with Crippen LogP contribution < -0.4 is 0 Å². The average Bonchev–Trinajstić information content (AvgIpc) is 2.21. The molecule has 2 nitrogen and oxygen atoms in total. The van der Waals surface area contributed by atoms with Crippen LogP contribution in [0.5, 0.6) is 0 Å². The fourth-order valence-corrected chi connectivity index (χ4v) is 1.32. The molecule has 3 heteroatoms. The van der Waals surface area contributed by atoms with Gasteiger partial charge in [0.25, 0.3) is 0 Å². The third-order valence-corrected chi connectivity index (χ3v) is 2.22. The van der Waals surface area contributed by atoms with E-state index in [4.69, 9.17) is 16.3 Å². The molecule has 0 amide bonds. The van der Waals surface area contributed by atoms with Crippen LogP contribution in [0.2, 0.25) is 5.02 Å². The lowest BCUT2D eigenvalue weighted by atomic mass is 10.1. The molecule has 80 valence electrons. The van der Waals surface area contributed by atoms with Crippen LogP contribution in [0.3, 0.4) is 0 Å². The first-order valence-electron chi connectivity index (χ1n) is 4.75. The molecule has 0 aliphatic heterocycles. The highest BCUT2D eigenvalue weighted by Gasteiger charge is 2.05. The van der Waals surface area contributed by atoms with Gasteiger partial charge in [0.2, 0.25) is 0 Å². The Hall–Kier alpha value is -1.28. The molecule has 1 aromatic rings. The summed E-state index contributed by atoms with van der Waals surface area (Å²) in [6, 6.07) is 7.35. The Kier molecular flexibility index (Phi) is 4.37. The zero-order valence-corrected chi connectivity index (χ0v) is 9.54. The molecule has 0 radical (unpaired) electrons. The van der Waals surface area contributed by atoms with Crippen LogP contribution in [0.25, 0.3) is 6.08 Å². The lowest BCUT2D eigenvalue weighted by molar-refractivity contribution is -0.138. The Morgan fingerprint density at radius 1 is 1.47 bits per heavy atom. The quantitative estimate of drug-likeness (QED) is 0.582. The zero-order valence-electron chi connectivity index (χ0n) is 8.79. The minimum absolute atomic E-state index is 0.308. The number of carbonyl (C=O) groups is 1. The van der Waals surface area contributed by atoms with Crippen LogP contribution in [0, 0.1) is 0 Å². The summed E-state index contributed by atoms with van der Waals surface area (Å²) in [7, 11) is 0. The van der Waals surface area contributed by atoms with Crippen molar-refractivity contribution < 1.29 is 9.53 Å². The van der Waals surface area contributed by atoms with Gasteiger partial charge in [0.15, 0.2) is 0 Å². The third-order valence-electron chi connectivity index (χ3n) is 1.87. The van der Waals surface area contributed by atoms with E-state index in [0.717, 1.165) is 5.56 Å². The second-order valence-corrected chi connectivity index (χ2v) is 3.48. The first kappa shape index (κ1) is 11.8. The summed E-state index contributed by atoms with van der Waals surface area (Å²) in [4.78, 5) is 11.3. The van der Waals surface area contributed by atoms with Gasteiger partial charge in [-0.2, -0.15) is 0 Å². The van der Waals surface area contributed by atoms with Gasteiger partial charge in [0, 0.05) is 10.6 Å². The second kappa shape index (κ2) is 5.56. The van der Waals surface area contributed by atoms with Crippen molar-refractivity contribution in [2.24, 2.45) is 0 Å². The topological polar surface area (TPSA) is 26.3 Å². The van der Waals surface area contributed by atoms with Gasteiger partial charge in [-0.25, -0.2) is 4.79 Å². The molecular formula is C12H13ClO2. The minimum atomic E-state index is -0.308. The molecule has 0 unspecified atom stereocenters. The van der Waals surface area contributed by atoms with Gasteiger partial charge in [0.05, 0.1) is 6.61 Å². The van der Waals surface area contributed by atoms with E-state index in [9.17, 15) is 4.79 Å². The zero-order chi connectivity index (χ0) is 11.3. The number of benzene rings is 1. The number of hydrogen-bond acceptors (Lipinski definition) is 2. The Bertz CT molecular complexity index is 383. The Morgan fingerprint density at radius 2 is 2.13 bits per heavy atom. The van der Waals surface area contributed by atoms with Crippen molar-refractivity contribution in [3.63, 3.8) is 0 Å². The summed E-state index contributed by atoms with van der Waals surface area (Å²) in [5.41, 5.74) is 1.37. The van der Waals surface area contributed by atoms with Crippen molar-refractivity contribution in [2.45, 2.75) is 13.8 Å². The Balaban J connectivity index is 2.88. The summed E-state index contributed by atoms with van der Waals surface area (Å²) < 4.78 is 4.87. The third kappa shape index (κ3) is 3.40. The number of rotatable bonds is 3. The van der Waals surface area contributed by atoms with Gasteiger partial charge in [-0.1, -0.05) is 29.8 Å². The average molecular weight is 225 g/mol. The fourth-order valence-electron chi connectivity index (χ4n) is 1.13. The van der Waals surface area contributed by atoms with E-state index in [2.05, 4.69) is 0 Å². The normalized spacial score (nSPS) is 11.3. The second-order valence-electron chi connectivity index (χ2n) is 3.07. The molecule has 0 aromatic heterocycles. The molecule has 0 atom stereocenters. The molecule has 1 rings (SSSR count). The number of carbonyl (C=O) groups excluding carboxylic acids is 1. The van der Waals surface area contributed by atoms with E-state index in [1.165, 1.54) is 0 Å². The molecule has 0 N–H and O–H groups in total. The number of halogens is 1. The van der Waals surface area contributed by atoms with Crippen molar-refractivity contribution in [1.29, 1.82) is 0 Å². The molecule has 0 aliphatic rings. The molecule has 15 heavy (non-hydrogen) atoms. The van der Waals surface area contributed by atoms with Gasteiger partial charge >= 0.3 is 5.97 Å². The van der Waals surface area contributed by atoms with Gasteiger partial charge in [-0.05, 0) is 31.6 Å². The van der Waals surface area contributed by atoms with E-state index >= 15 is 0 Å². The Morgan fingerprint density at radius 3 is 2.73 bits per heavy atom. The molecule has 0 fully saturated rings. The summed E-state index contributed by atoms with van der Waals surface area (Å²) >= 11 is 5.95. The molecule has 0 saturated carbocycles. The predicted molar refractivity (Wildman–Crippen MR) is 61.7 cm³/mol. The smallest absolute Gasteiger partial charge is 0.333 e. The maximum atomic E-state index is 11.3. The molecule has 0 heterocycles. The molecule has 0 saturated heterocycles. The van der Waals surface area contributed by atoms with Crippen molar-refractivity contribution in [1.82, 2.24) is 0 Å². The largest absolute Gasteiger partial charge is 0.463 e. The van der Waals surface area contributed by atoms with Crippen molar-refractivity contribution >= 4 is 23.6 Å². The standard InChI is InChI=1S/C12H13ClO2/c1-3-15-12(14)9(2)8-10-6-4-5-7-11(10)13/h4-8H,3H2,1-2H3. The summed E-state index contributed by atoms with van der Waals surface area (Å²) in [5, 5.41) is 0.626. The summed E-state index contributed by atoms with van der Waals surface area (Å²) in [6.07, 6.45) is 1.72. The van der Waals surface area contributed by atoms with Crippen LogP contribution in [0.15, 0.2) is 29.8 Å². The fraction of sp³-hybridized carbons (Fsp3) is 0.250. The molecule has 0 bridgehead atoms. The first-order valence-corrected chi connectivity index (χ1v) is 5.13. The number of esters is 1. The Labute approximate surface area is 94.5 Å². The van der Waals surface area contributed by atoms with Gasteiger partial charge in [-0.3, -0.25) is 0 Å². The first-order chi connectivity index (χ1) is 7.15. The van der Waals surface area contributed by atoms with Crippen LogP contribution in [0.4, 0.5) is 0 Å². The lowest BCUT2D eigenvalue weighted by Crippen LogP contribution is -2.04. The van der Waals surface area contributed by atoms with Crippen LogP contribution in [-0.2, 0) is 9.53 Å². The lowest BCUT2D eigenvalue weighted by Gasteiger charge is -2.02. The molecule has 0 spiro atoms. The van der Waals surface area contributed by atoms with Crippen LogP contribution in [0.1, 0.15) is 19.4 Å². The maximum Gasteiger partial charge on any atom is 0.333 e. The van der Waals surface area contributed by atoms with E-state index < -0.39 is 0 Å². The highest BCUT2D eigenvalue weighted by Crippen LogP contribution is 2.18. The minimum Gasteiger partial charge on any atom is -0.463 e. The summed E-state index contributed by atoms with van der Waals surface area (Å²) in [6.45, 7) is 3.87. The van der Waals surface area contributed by atoms with E-state index in [1.807, 2.05) is 18.2 Å². The molecule has 0 aliphatic carbocycles. The van der Waals surface area contributed by atoms with Crippen LogP contribution in [-0.4, -0.2) is 12.6 Å². The highest BCUT2D eigenvalue weighted by atomic mass is 35.5. The summed E-state index contributed by atoms with van der Waals surface area (Å²) in [5.74, 6) is -0.308. The van der Waals surface area contributed by atoms with E-state index in [0.29, 0.717) is 17.2 Å². The SMILES string of the molecule is CCOC(=O)C(C)=Cc1ccccc1Cl. The maximum absolute atomic E-state index is 11.3. The molecule has 1 aromatic carbocycles. The van der Waals surface area contributed by atoms with E-state index in [1.54, 1.807) is 26.0 Å². The monoisotopic (exact) mass is 224 g/mol. The number of hydrogen-bond donors (Lipinski definition) is 0. The van der Waals surface area contributed by atoms with E-state index in [-0.39, 0.29) is 5.97 Å². The highest BCUT2D eigenvalue weighted by molar-refractivity contribution is 6.32. The molecular weight excluding hydrogens is 212 g/mol. The number of ether oxygens (including phenoxy) is 1.